The van der Waals surface area contributed by atoms with Crippen LogP contribution in [0.3, 0.4) is 0 Å². The maximum atomic E-state index is 5.52. The van der Waals surface area contributed by atoms with Gasteiger partial charge in [-0.2, -0.15) is 0 Å². The lowest BCUT2D eigenvalue weighted by Crippen LogP contribution is -1.96. The first-order valence-corrected chi connectivity index (χ1v) is 4.34. The number of aromatic nitrogens is 1. The van der Waals surface area contributed by atoms with E-state index in [-0.39, 0.29) is 0 Å². The van der Waals surface area contributed by atoms with Crippen LogP contribution < -0.4 is 5.73 Å². The number of nitrogens with zero attached hydrogens (tertiary/aromatic N) is 1. The van der Waals surface area contributed by atoms with Crippen LogP contribution in [-0.2, 0) is 6.54 Å². The first-order chi connectivity index (χ1) is 5.83. The second-order valence-electron chi connectivity index (χ2n) is 2.49. The highest BCUT2D eigenvalue weighted by molar-refractivity contribution is 9.10. The number of halogens is 1. The van der Waals surface area contributed by atoms with E-state index in [1.165, 1.54) is 0 Å². The van der Waals surface area contributed by atoms with Gasteiger partial charge in [-0.05, 0) is 27.6 Å². The molecule has 0 bridgehead atoms. The van der Waals surface area contributed by atoms with E-state index in [1.807, 2.05) is 12.1 Å². The molecule has 0 aliphatic heterocycles. The van der Waals surface area contributed by atoms with Gasteiger partial charge in [0.05, 0.1) is 10.7 Å². The molecule has 0 atom stereocenters. The number of nitrogens with two attached hydrogens (primary N) is 1. The summed E-state index contributed by atoms with van der Waals surface area (Å²) < 4.78 is 5.94. The average Bonchev–Trinajstić information content (AvgIpc) is 2.53. The van der Waals surface area contributed by atoms with Gasteiger partial charge in [-0.25, -0.2) is 0 Å². The minimum absolute atomic E-state index is 0.497. The molecule has 0 aliphatic carbocycles. The van der Waals surface area contributed by atoms with Gasteiger partial charge < -0.3 is 10.3 Å². The molecule has 12 heavy (non-hydrogen) atoms. The summed E-state index contributed by atoms with van der Waals surface area (Å²) in [6.07, 6.45) is 1.68. The van der Waals surface area contributed by atoms with Crippen LogP contribution >= 0.6 is 15.9 Å². The Bertz CT molecular complexity index is 410. The third kappa shape index (κ3) is 1.04. The first kappa shape index (κ1) is 7.76. The van der Waals surface area contributed by atoms with Crippen LogP contribution in [0.4, 0.5) is 0 Å². The largest absolute Gasteiger partial charge is 0.355 e. The second kappa shape index (κ2) is 2.88. The predicted molar refractivity (Wildman–Crippen MR) is 49.6 cm³/mol. The molecule has 2 aromatic rings. The van der Waals surface area contributed by atoms with Gasteiger partial charge in [0, 0.05) is 11.9 Å². The van der Waals surface area contributed by atoms with Crippen LogP contribution in [0.15, 0.2) is 27.3 Å². The van der Waals surface area contributed by atoms with Crippen molar-refractivity contribution in [2.24, 2.45) is 5.73 Å². The molecule has 62 valence electrons. The normalized spacial score (nSPS) is 10.8. The second-order valence-corrected chi connectivity index (χ2v) is 3.28. The van der Waals surface area contributed by atoms with Crippen molar-refractivity contribution < 1.29 is 4.52 Å². The Labute approximate surface area is 77.7 Å². The average molecular weight is 227 g/mol. The van der Waals surface area contributed by atoms with Crippen molar-refractivity contribution in [2.45, 2.75) is 6.54 Å². The van der Waals surface area contributed by atoms with E-state index in [0.717, 1.165) is 21.0 Å². The minimum Gasteiger partial charge on any atom is -0.355 e. The maximum Gasteiger partial charge on any atom is 0.181 e. The minimum atomic E-state index is 0.497. The number of rotatable bonds is 1. The fourth-order valence-corrected chi connectivity index (χ4v) is 1.70. The van der Waals surface area contributed by atoms with E-state index >= 15 is 0 Å². The molecular formula is C8H7BrN2O. The predicted octanol–water partition coefficient (Wildman–Crippen LogP) is 2.05. The Morgan fingerprint density at radius 3 is 3.08 bits per heavy atom. The standard InChI is InChI=1S/C8H7BrN2O/c9-7-5(3-10)1-2-6-4-11-12-8(6)7/h1-2,4H,3,10H2. The van der Waals surface area contributed by atoms with Gasteiger partial charge in [0.2, 0.25) is 0 Å². The molecule has 0 fully saturated rings. The number of benzene rings is 1. The van der Waals surface area contributed by atoms with Crippen LogP contribution in [0.25, 0.3) is 11.0 Å². The lowest BCUT2D eigenvalue weighted by Gasteiger charge is -1.98. The highest BCUT2D eigenvalue weighted by atomic mass is 79.9. The van der Waals surface area contributed by atoms with Crippen LogP contribution in [0.2, 0.25) is 0 Å². The molecule has 2 rings (SSSR count). The summed E-state index contributed by atoms with van der Waals surface area (Å²) in [4.78, 5) is 0. The van der Waals surface area contributed by atoms with Crippen molar-refractivity contribution in [2.75, 3.05) is 0 Å². The summed E-state index contributed by atoms with van der Waals surface area (Å²) in [5.74, 6) is 0. The molecule has 1 aromatic carbocycles. The van der Waals surface area contributed by atoms with Crippen molar-refractivity contribution in [1.29, 1.82) is 0 Å². The summed E-state index contributed by atoms with van der Waals surface area (Å²) in [7, 11) is 0. The Kier molecular flexibility index (Phi) is 1.86. The SMILES string of the molecule is NCc1ccc2cnoc2c1Br. The molecule has 0 aliphatic rings. The van der Waals surface area contributed by atoms with E-state index in [0.29, 0.717) is 6.54 Å². The fraction of sp³-hybridized carbons (Fsp3) is 0.125. The third-order valence-electron chi connectivity index (χ3n) is 1.76. The molecule has 0 unspecified atom stereocenters. The summed E-state index contributed by atoms with van der Waals surface area (Å²) in [6.45, 7) is 0.497. The zero-order valence-corrected chi connectivity index (χ0v) is 7.84. The molecule has 1 aromatic heterocycles. The summed E-state index contributed by atoms with van der Waals surface area (Å²) in [6, 6.07) is 3.91. The highest BCUT2D eigenvalue weighted by Crippen LogP contribution is 2.26. The maximum absolute atomic E-state index is 5.52. The Morgan fingerprint density at radius 1 is 1.50 bits per heavy atom. The lowest BCUT2D eigenvalue weighted by atomic mass is 10.2. The number of hydrogen-bond acceptors (Lipinski definition) is 3. The number of hydrogen-bond donors (Lipinski definition) is 1. The molecule has 0 saturated heterocycles. The van der Waals surface area contributed by atoms with Gasteiger partial charge in [-0.15, -0.1) is 0 Å². The van der Waals surface area contributed by atoms with Crippen LogP contribution in [0, 0.1) is 0 Å². The zero-order chi connectivity index (χ0) is 8.55. The fourth-order valence-electron chi connectivity index (χ4n) is 1.10. The van der Waals surface area contributed by atoms with E-state index in [2.05, 4.69) is 21.1 Å². The topological polar surface area (TPSA) is 52.0 Å². The van der Waals surface area contributed by atoms with Gasteiger partial charge in [-0.1, -0.05) is 11.2 Å². The van der Waals surface area contributed by atoms with Gasteiger partial charge >= 0.3 is 0 Å². The Balaban J connectivity index is 2.78. The van der Waals surface area contributed by atoms with Crippen molar-refractivity contribution in [3.63, 3.8) is 0 Å². The molecule has 4 heteroatoms. The lowest BCUT2D eigenvalue weighted by molar-refractivity contribution is 0.455. The molecule has 0 saturated carbocycles. The van der Waals surface area contributed by atoms with Crippen molar-refractivity contribution in [3.05, 3.63) is 28.4 Å². The smallest absolute Gasteiger partial charge is 0.181 e. The highest BCUT2D eigenvalue weighted by Gasteiger charge is 2.06. The quantitative estimate of drug-likeness (QED) is 0.810. The zero-order valence-electron chi connectivity index (χ0n) is 6.25. The molecule has 0 amide bonds. The van der Waals surface area contributed by atoms with Crippen molar-refractivity contribution in [3.8, 4) is 0 Å². The van der Waals surface area contributed by atoms with Gasteiger partial charge in [0.1, 0.15) is 0 Å². The van der Waals surface area contributed by atoms with Gasteiger partial charge in [-0.3, -0.25) is 0 Å². The van der Waals surface area contributed by atoms with Crippen LogP contribution in [0.5, 0.6) is 0 Å². The van der Waals surface area contributed by atoms with E-state index < -0.39 is 0 Å². The summed E-state index contributed by atoms with van der Waals surface area (Å²) >= 11 is 3.41. The molecule has 3 nitrogen and oxygen atoms in total. The Morgan fingerprint density at radius 2 is 2.33 bits per heavy atom. The third-order valence-corrected chi connectivity index (χ3v) is 2.63. The summed E-state index contributed by atoms with van der Waals surface area (Å²) in [5, 5.41) is 4.68. The number of fused-ring (bicyclic) bond motifs is 1. The van der Waals surface area contributed by atoms with Crippen molar-refractivity contribution >= 4 is 26.9 Å². The molecule has 2 N–H and O–H groups in total. The van der Waals surface area contributed by atoms with Gasteiger partial charge in [0.15, 0.2) is 5.58 Å². The molecule has 0 radical (unpaired) electrons. The van der Waals surface area contributed by atoms with Crippen molar-refractivity contribution in [1.82, 2.24) is 5.16 Å². The molecular weight excluding hydrogens is 220 g/mol. The van der Waals surface area contributed by atoms with Gasteiger partial charge in [0.25, 0.3) is 0 Å². The van der Waals surface area contributed by atoms with E-state index in [9.17, 15) is 0 Å². The van der Waals surface area contributed by atoms with Crippen LogP contribution in [0.1, 0.15) is 5.56 Å². The van der Waals surface area contributed by atoms with E-state index in [4.69, 9.17) is 10.3 Å². The first-order valence-electron chi connectivity index (χ1n) is 3.55. The molecule has 0 spiro atoms. The van der Waals surface area contributed by atoms with E-state index in [1.54, 1.807) is 6.20 Å². The molecule has 1 heterocycles. The Hall–Kier alpha value is -0.870. The monoisotopic (exact) mass is 226 g/mol. The summed E-state index contributed by atoms with van der Waals surface area (Å²) in [5.41, 5.74) is 7.31. The van der Waals surface area contributed by atoms with Crippen LogP contribution in [-0.4, -0.2) is 5.16 Å².